The zero-order valence-electron chi connectivity index (χ0n) is 20.7. The van der Waals surface area contributed by atoms with Crippen LogP contribution in [0, 0.1) is 0 Å². The topological polar surface area (TPSA) is 172 Å². The van der Waals surface area contributed by atoms with Gasteiger partial charge in [-0.05, 0) is 30.7 Å². The van der Waals surface area contributed by atoms with Crippen molar-refractivity contribution in [3.05, 3.63) is 53.2 Å². The van der Waals surface area contributed by atoms with Crippen LogP contribution in [0.2, 0.25) is 0 Å². The summed E-state index contributed by atoms with van der Waals surface area (Å²) in [5.41, 5.74) is -0.117. The van der Waals surface area contributed by atoms with Gasteiger partial charge in [-0.25, -0.2) is 14.6 Å². The van der Waals surface area contributed by atoms with E-state index in [2.05, 4.69) is 4.98 Å². The third kappa shape index (κ3) is 10.8. The molecular formula is C25H31NO11. The van der Waals surface area contributed by atoms with E-state index in [0.717, 1.165) is 31.7 Å². The van der Waals surface area contributed by atoms with Gasteiger partial charge >= 0.3 is 23.9 Å². The summed E-state index contributed by atoms with van der Waals surface area (Å²) in [6.07, 6.45) is 1.09. The number of esters is 4. The Morgan fingerprint density at radius 1 is 0.946 bits per heavy atom. The first-order valence-corrected chi connectivity index (χ1v) is 11.7. The van der Waals surface area contributed by atoms with Gasteiger partial charge in [-0.15, -0.1) is 0 Å². The minimum Gasteiger partial charge on any atom is -0.466 e. The number of aliphatic hydroxyl groups is 2. The third-order valence-electron chi connectivity index (χ3n) is 4.78. The van der Waals surface area contributed by atoms with Crippen molar-refractivity contribution in [2.24, 2.45) is 0 Å². The predicted octanol–water partition coefficient (Wildman–Crippen LogP) is 1.40. The molecule has 2 unspecified atom stereocenters. The summed E-state index contributed by atoms with van der Waals surface area (Å²) in [7, 11) is 0. The van der Waals surface area contributed by atoms with Gasteiger partial charge < -0.3 is 33.6 Å². The number of aryl methyl sites for hydroxylation is 2. The maximum Gasteiger partial charge on any atom is 0.357 e. The third-order valence-corrected chi connectivity index (χ3v) is 4.78. The number of aliphatic hydroxyl groups excluding tert-OH is 2. The molecule has 0 aliphatic rings. The van der Waals surface area contributed by atoms with Gasteiger partial charge in [-0.2, -0.15) is 0 Å². The summed E-state index contributed by atoms with van der Waals surface area (Å²) < 4.78 is 25.3. The molecule has 0 amide bonds. The zero-order valence-corrected chi connectivity index (χ0v) is 20.7. The number of furan rings is 1. The van der Waals surface area contributed by atoms with Crippen molar-refractivity contribution in [3.8, 4) is 0 Å². The lowest BCUT2D eigenvalue weighted by Crippen LogP contribution is -2.27. The molecular weight excluding hydrogens is 490 g/mol. The molecule has 0 radical (unpaired) electrons. The van der Waals surface area contributed by atoms with E-state index in [1.54, 1.807) is 0 Å². The first-order chi connectivity index (χ1) is 17.7. The SMILES string of the molecule is CCCc1ccc(CCC(=O)OCC(O)COC(=O)c2ccc(C(=O)OCC(CO)OC(C)=O)cn2)o1. The monoisotopic (exact) mass is 521 g/mol. The molecule has 2 rings (SSSR count). The van der Waals surface area contributed by atoms with Crippen LogP contribution in [0.3, 0.4) is 0 Å². The number of carbonyl (C=O) groups excluding carboxylic acids is 4. The van der Waals surface area contributed by atoms with Gasteiger partial charge in [-0.3, -0.25) is 9.59 Å². The highest BCUT2D eigenvalue weighted by Gasteiger charge is 2.18. The number of nitrogens with zero attached hydrogens (tertiary/aromatic N) is 1. The molecule has 0 aromatic carbocycles. The van der Waals surface area contributed by atoms with E-state index in [1.807, 2.05) is 19.1 Å². The van der Waals surface area contributed by atoms with E-state index in [4.69, 9.17) is 28.5 Å². The average Bonchev–Trinajstić information content (AvgIpc) is 3.34. The number of aromatic nitrogens is 1. The van der Waals surface area contributed by atoms with Crippen molar-refractivity contribution < 1.29 is 52.8 Å². The number of hydrogen-bond acceptors (Lipinski definition) is 12. The van der Waals surface area contributed by atoms with Gasteiger partial charge in [0, 0.05) is 26.0 Å². The largest absolute Gasteiger partial charge is 0.466 e. The summed E-state index contributed by atoms with van der Waals surface area (Å²) in [6.45, 7) is 1.53. The Morgan fingerprint density at radius 2 is 1.62 bits per heavy atom. The maximum absolute atomic E-state index is 12.1. The van der Waals surface area contributed by atoms with Gasteiger partial charge in [0.2, 0.25) is 0 Å². The highest BCUT2D eigenvalue weighted by Crippen LogP contribution is 2.12. The number of hydrogen-bond donors (Lipinski definition) is 2. The van der Waals surface area contributed by atoms with Gasteiger partial charge in [-0.1, -0.05) is 6.92 Å². The predicted molar refractivity (Wildman–Crippen MR) is 125 cm³/mol. The molecule has 2 aromatic heterocycles. The zero-order chi connectivity index (χ0) is 27.2. The molecule has 2 N–H and O–H groups in total. The molecule has 2 aromatic rings. The van der Waals surface area contributed by atoms with Crippen LogP contribution in [-0.2, 0) is 41.4 Å². The Morgan fingerprint density at radius 3 is 2.24 bits per heavy atom. The van der Waals surface area contributed by atoms with E-state index in [9.17, 15) is 24.3 Å². The molecule has 0 fully saturated rings. The van der Waals surface area contributed by atoms with Gasteiger partial charge in [0.05, 0.1) is 18.6 Å². The number of carbonyl (C=O) groups is 4. The van der Waals surface area contributed by atoms with Crippen LogP contribution in [0.5, 0.6) is 0 Å². The van der Waals surface area contributed by atoms with Gasteiger partial charge in [0.15, 0.2) is 6.10 Å². The lowest BCUT2D eigenvalue weighted by molar-refractivity contribution is -0.151. The van der Waals surface area contributed by atoms with Crippen LogP contribution in [-0.4, -0.2) is 77.7 Å². The van der Waals surface area contributed by atoms with Crippen molar-refractivity contribution in [3.63, 3.8) is 0 Å². The quantitative estimate of drug-likeness (QED) is 0.255. The Bertz CT molecular complexity index is 1030. The fourth-order valence-electron chi connectivity index (χ4n) is 2.96. The lowest BCUT2D eigenvalue weighted by atomic mass is 10.2. The van der Waals surface area contributed by atoms with Crippen molar-refractivity contribution in [1.82, 2.24) is 4.98 Å². The molecule has 0 saturated carbocycles. The minimum atomic E-state index is -1.24. The van der Waals surface area contributed by atoms with Crippen LogP contribution in [0.15, 0.2) is 34.9 Å². The van der Waals surface area contributed by atoms with Crippen molar-refractivity contribution >= 4 is 23.9 Å². The summed E-state index contributed by atoms with van der Waals surface area (Å²) in [4.78, 5) is 50.8. The second-order valence-corrected chi connectivity index (χ2v) is 8.00. The molecule has 37 heavy (non-hydrogen) atoms. The van der Waals surface area contributed by atoms with Crippen LogP contribution >= 0.6 is 0 Å². The van der Waals surface area contributed by atoms with E-state index in [-0.39, 0.29) is 30.9 Å². The normalized spacial score (nSPS) is 12.3. The Balaban J connectivity index is 1.69. The Labute approximate surface area is 213 Å². The second kappa shape index (κ2) is 15.4. The van der Waals surface area contributed by atoms with Gasteiger partial charge in [0.1, 0.15) is 43.1 Å². The molecule has 0 bridgehead atoms. The van der Waals surface area contributed by atoms with E-state index < -0.39 is 49.3 Å². The summed E-state index contributed by atoms with van der Waals surface area (Å²) in [5, 5.41) is 19.0. The van der Waals surface area contributed by atoms with Crippen LogP contribution in [0.4, 0.5) is 0 Å². The molecule has 2 atom stereocenters. The van der Waals surface area contributed by atoms with E-state index in [0.29, 0.717) is 12.2 Å². The second-order valence-electron chi connectivity index (χ2n) is 8.00. The number of rotatable bonds is 15. The fourth-order valence-corrected chi connectivity index (χ4v) is 2.96. The number of pyridine rings is 1. The first kappa shape index (κ1) is 29.5. The Hall–Kier alpha value is -3.77. The molecule has 12 heteroatoms. The molecule has 0 saturated heterocycles. The van der Waals surface area contributed by atoms with E-state index in [1.165, 1.54) is 12.1 Å². The maximum atomic E-state index is 12.1. The van der Waals surface area contributed by atoms with Crippen LogP contribution < -0.4 is 0 Å². The van der Waals surface area contributed by atoms with Crippen molar-refractivity contribution in [2.45, 2.75) is 51.7 Å². The van der Waals surface area contributed by atoms with Crippen LogP contribution in [0.1, 0.15) is 59.1 Å². The van der Waals surface area contributed by atoms with E-state index >= 15 is 0 Å². The summed E-state index contributed by atoms with van der Waals surface area (Å²) >= 11 is 0. The lowest BCUT2D eigenvalue weighted by Gasteiger charge is -2.14. The molecule has 0 spiro atoms. The van der Waals surface area contributed by atoms with Crippen molar-refractivity contribution in [2.75, 3.05) is 26.4 Å². The average molecular weight is 522 g/mol. The molecule has 0 aliphatic heterocycles. The van der Waals surface area contributed by atoms with Gasteiger partial charge in [0.25, 0.3) is 0 Å². The van der Waals surface area contributed by atoms with Crippen molar-refractivity contribution in [1.29, 1.82) is 0 Å². The minimum absolute atomic E-state index is 0.0131. The smallest absolute Gasteiger partial charge is 0.357 e. The summed E-state index contributed by atoms with van der Waals surface area (Å²) in [6, 6.07) is 6.18. The molecule has 0 aliphatic carbocycles. The standard InChI is InChI=1S/C25H31NO11/c1-3-4-19-6-7-20(37-19)8-10-23(30)33-13-18(29)14-34-25(32)22-9-5-17(11-26-22)24(31)35-15-21(12-27)36-16(2)28/h5-7,9,11,18,21,27,29H,3-4,8,10,12-15H2,1-2H3. The highest BCUT2D eigenvalue weighted by molar-refractivity contribution is 5.91. The molecule has 12 nitrogen and oxygen atoms in total. The summed E-state index contributed by atoms with van der Waals surface area (Å²) in [5.74, 6) is -1.28. The molecule has 2 heterocycles. The molecule has 202 valence electrons. The highest BCUT2D eigenvalue weighted by atomic mass is 16.6. The van der Waals surface area contributed by atoms with Crippen LogP contribution in [0.25, 0.3) is 0 Å². The Kier molecular flexibility index (Phi) is 12.2. The first-order valence-electron chi connectivity index (χ1n) is 11.7. The number of ether oxygens (including phenoxy) is 4. The fraction of sp³-hybridized carbons (Fsp3) is 0.480.